The van der Waals surface area contributed by atoms with E-state index >= 15 is 0 Å². The Morgan fingerprint density at radius 3 is 2.60 bits per heavy atom. The first kappa shape index (κ1) is 15.0. The van der Waals surface area contributed by atoms with Crippen molar-refractivity contribution in [1.29, 1.82) is 0 Å². The minimum atomic E-state index is -0.868. The molecule has 0 bridgehead atoms. The van der Waals surface area contributed by atoms with E-state index in [-0.39, 0.29) is 5.91 Å². The molecule has 0 aromatic heterocycles. The highest BCUT2D eigenvalue weighted by atomic mass is 16.4. The van der Waals surface area contributed by atoms with Crippen LogP contribution in [0.15, 0.2) is 12.2 Å². The number of nitrogens with zero attached hydrogens (tertiary/aromatic N) is 1. The molecule has 0 saturated carbocycles. The number of allylic oxidation sites excluding steroid dienone is 2. The van der Waals surface area contributed by atoms with Gasteiger partial charge in [0.2, 0.25) is 5.91 Å². The fourth-order valence-electron chi connectivity index (χ4n) is 3.12. The van der Waals surface area contributed by atoms with Crippen molar-refractivity contribution in [3.8, 4) is 0 Å². The molecule has 0 aromatic carbocycles. The van der Waals surface area contributed by atoms with E-state index in [2.05, 4.69) is 17.1 Å². The van der Waals surface area contributed by atoms with Gasteiger partial charge < -0.3 is 15.3 Å². The van der Waals surface area contributed by atoms with E-state index in [0.717, 1.165) is 26.1 Å². The summed E-state index contributed by atoms with van der Waals surface area (Å²) < 4.78 is 0. The molecule has 0 aromatic rings. The molecule has 1 heterocycles. The third-order valence-corrected chi connectivity index (χ3v) is 4.47. The molecule has 112 valence electrons. The Balaban J connectivity index is 1.82. The van der Waals surface area contributed by atoms with E-state index in [1.54, 1.807) is 0 Å². The van der Waals surface area contributed by atoms with Crippen LogP contribution in [-0.4, -0.2) is 48.1 Å². The summed E-state index contributed by atoms with van der Waals surface area (Å²) in [5.41, 5.74) is 0. The fourth-order valence-corrected chi connectivity index (χ4v) is 3.12. The number of aliphatic carboxylic acids is 1. The summed E-state index contributed by atoms with van der Waals surface area (Å²) in [5, 5.41) is 12.1. The smallest absolute Gasteiger partial charge is 0.307 e. The number of hydrogen-bond donors (Lipinski definition) is 2. The first-order chi connectivity index (χ1) is 9.61. The second kappa shape index (κ2) is 6.88. The number of carbonyl (C=O) groups excluding carboxylic acids is 1. The van der Waals surface area contributed by atoms with E-state index in [9.17, 15) is 14.7 Å². The van der Waals surface area contributed by atoms with Crippen LogP contribution in [0.3, 0.4) is 0 Å². The number of likely N-dealkylation sites (tertiary alicyclic amines) is 1. The van der Waals surface area contributed by atoms with Crippen molar-refractivity contribution >= 4 is 11.9 Å². The van der Waals surface area contributed by atoms with E-state index in [1.165, 1.54) is 0 Å². The molecule has 2 N–H and O–H groups in total. The molecule has 3 atom stereocenters. The molecule has 0 spiro atoms. The van der Waals surface area contributed by atoms with Crippen molar-refractivity contribution in [3.05, 3.63) is 12.2 Å². The molecule has 20 heavy (non-hydrogen) atoms. The first-order valence-corrected chi connectivity index (χ1v) is 7.49. The summed E-state index contributed by atoms with van der Waals surface area (Å²) in [6.45, 7) is 6.00. The van der Waals surface area contributed by atoms with Crippen LogP contribution in [0.5, 0.6) is 0 Å². The quantitative estimate of drug-likeness (QED) is 0.740. The molecule has 5 heteroatoms. The molecule has 0 radical (unpaired) electrons. The normalized spacial score (nSPS) is 30.4. The average Bonchev–Trinajstić information content (AvgIpc) is 2.92. The van der Waals surface area contributed by atoms with Crippen molar-refractivity contribution in [1.82, 2.24) is 10.2 Å². The lowest BCUT2D eigenvalue weighted by Crippen LogP contribution is -2.40. The van der Waals surface area contributed by atoms with Gasteiger partial charge in [-0.1, -0.05) is 19.1 Å². The highest BCUT2D eigenvalue weighted by Crippen LogP contribution is 2.26. The summed E-state index contributed by atoms with van der Waals surface area (Å²) in [6.07, 6.45) is 5.88. The molecule has 1 amide bonds. The van der Waals surface area contributed by atoms with Crippen LogP contribution in [0.25, 0.3) is 0 Å². The second-order valence-corrected chi connectivity index (χ2v) is 5.79. The van der Waals surface area contributed by atoms with Crippen molar-refractivity contribution in [2.45, 2.75) is 26.2 Å². The number of amides is 1. The van der Waals surface area contributed by atoms with Crippen LogP contribution >= 0.6 is 0 Å². The van der Waals surface area contributed by atoms with Gasteiger partial charge in [-0.05, 0) is 38.3 Å². The van der Waals surface area contributed by atoms with E-state index in [0.29, 0.717) is 25.3 Å². The van der Waals surface area contributed by atoms with Gasteiger partial charge in [-0.2, -0.15) is 0 Å². The van der Waals surface area contributed by atoms with Crippen molar-refractivity contribution in [2.75, 3.05) is 26.2 Å². The lowest BCUT2D eigenvalue weighted by atomic mass is 9.82. The zero-order chi connectivity index (χ0) is 14.5. The average molecular weight is 280 g/mol. The van der Waals surface area contributed by atoms with Gasteiger partial charge in [0.05, 0.1) is 11.8 Å². The molecule has 2 aliphatic rings. The van der Waals surface area contributed by atoms with E-state index in [1.807, 2.05) is 12.2 Å². The van der Waals surface area contributed by atoms with Gasteiger partial charge in [-0.3, -0.25) is 9.59 Å². The number of carboxylic acids is 1. The van der Waals surface area contributed by atoms with Gasteiger partial charge >= 0.3 is 5.97 Å². The Bertz CT molecular complexity index is 395. The van der Waals surface area contributed by atoms with Crippen LogP contribution in [0.2, 0.25) is 0 Å². The molecule has 1 unspecified atom stereocenters. The number of hydrogen-bond acceptors (Lipinski definition) is 3. The monoisotopic (exact) mass is 280 g/mol. The third-order valence-electron chi connectivity index (χ3n) is 4.47. The zero-order valence-corrected chi connectivity index (χ0v) is 12.0. The molecular weight excluding hydrogens is 256 g/mol. The Labute approximate surface area is 120 Å². The van der Waals surface area contributed by atoms with Gasteiger partial charge in [0.25, 0.3) is 0 Å². The molecule has 2 rings (SSSR count). The van der Waals surface area contributed by atoms with Gasteiger partial charge in [-0.25, -0.2) is 0 Å². The number of nitrogens with one attached hydrogen (secondary N) is 1. The van der Waals surface area contributed by atoms with Crippen LogP contribution in [0.4, 0.5) is 0 Å². The maximum absolute atomic E-state index is 12.2. The summed E-state index contributed by atoms with van der Waals surface area (Å²) in [5.74, 6) is -1.46. The number of carboxylic acid groups (broad SMARTS) is 1. The Morgan fingerprint density at radius 1 is 1.30 bits per heavy atom. The maximum atomic E-state index is 12.2. The second-order valence-electron chi connectivity index (χ2n) is 5.79. The van der Waals surface area contributed by atoms with Gasteiger partial charge in [0.15, 0.2) is 0 Å². The molecular formula is C15H24N2O3. The summed E-state index contributed by atoms with van der Waals surface area (Å²) in [7, 11) is 0. The fraction of sp³-hybridized carbons (Fsp3) is 0.733. The largest absolute Gasteiger partial charge is 0.481 e. The van der Waals surface area contributed by atoms with Gasteiger partial charge in [-0.15, -0.1) is 0 Å². The molecule has 1 aliphatic heterocycles. The standard InChI is InChI=1S/C15H24N2O3/c1-2-17-8-7-11(10-17)9-16-14(18)12-5-3-4-6-13(12)15(19)20/h3-4,11-13H,2,5-10H2,1H3,(H,16,18)(H,19,20)/t11?,12-,13+/m1/s1. The zero-order valence-electron chi connectivity index (χ0n) is 12.0. The molecule has 1 fully saturated rings. The minimum Gasteiger partial charge on any atom is -0.481 e. The maximum Gasteiger partial charge on any atom is 0.307 e. The van der Waals surface area contributed by atoms with Gasteiger partial charge in [0.1, 0.15) is 0 Å². The summed E-state index contributed by atoms with van der Waals surface area (Å²) in [6, 6.07) is 0. The van der Waals surface area contributed by atoms with Gasteiger partial charge in [0, 0.05) is 13.1 Å². The minimum absolute atomic E-state index is 0.100. The lowest BCUT2D eigenvalue weighted by molar-refractivity contribution is -0.147. The SMILES string of the molecule is CCN1CCC(CNC(=O)[C@@H]2CC=CC[C@@H]2C(=O)O)C1. The number of carbonyl (C=O) groups is 2. The van der Waals surface area contributed by atoms with Crippen LogP contribution in [-0.2, 0) is 9.59 Å². The van der Waals surface area contributed by atoms with E-state index in [4.69, 9.17) is 0 Å². The first-order valence-electron chi connectivity index (χ1n) is 7.49. The highest BCUT2D eigenvalue weighted by molar-refractivity contribution is 5.85. The Morgan fingerprint density at radius 2 is 2.00 bits per heavy atom. The third kappa shape index (κ3) is 3.60. The molecule has 1 saturated heterocycles. The topological polar surface area (TPSA) is 69.6 Å². The predicted molar refractivity (Wildman–Crippen MR) is 76.2 cm³/mol. The molecule has 5 nitrogen and oxygen atoms in total. The Kier molecular flexibility index (Phi) is 5.17. The van der Waals surface area contributed by atoms with E-state index < -0.39 is 17.8 Å². The molecule has 1 aliphatic carbocycles. The number of rotatable bonds is 5. The summed E-state index contributed by atoms with van der Waals surface area (Å²) in [4.78, 5) is 25.8. The lowest BCUT2D eigenvalue weighted by Gasteiger charge is -2.25. The summed E-state index contributed by atoms with van der Waals surface area (Å²) >= 11 is 0. The highest BCUT2D eigenvalue weighted by Gasteiger charge is 2.34. The van der Waals surface area contributed by atoms with Crippen molar-refractivity contribution in [3.63, 3.8) is 0 Å². The van der Waals surface area contributed by atoms with Crippen LogP contribution in [0, 0.1) is 17.8 Å². The van der Waals surface area contributed by atoms with Crippen LogP contribution < -0.4 is 5.32 Å². The van der Waals surface area contributed by atoms with Crippen molar-refractivity contribution in [2.24, 2.45) is 17.8 Å². The van der Waals surface area contributed by atoms with Crippen molar-refractivity contribution < 1.29 is 14.7 Å². The van der Waals surface area contributed by atoms with Crippen LogP contribution in [0.1, 0.15) is 26.2 Å². The Hall–Kier alpha value is -1.36. The predicted octanol–water partition coefficient (Wildman–Crippen LogP) is 1.11.